The van der Waals surface area contributed by atoms with Gasteiger partial charge < -0.3 is 9.80 Å². The number of nitriles is 2. The number of alkyl halides is 12. The van der Waals surface area contributed by atoms with E-state index in [1.54, 1.807) is 42.5 Å². The smallest absolute Gasteiger partial charge is 0.310 e. The van der Waals surface area contributed by atoms with Crippen LogP contribution in [0.3, 0.4) is 0 Å². The van der Waals surface area contributed by atoms with E-state index in [1.807, 2.05) is 54.6 Å². The number of anilines is 6. The number of hydrogen-bond donors (Lipinski definition) is 0. The normalized spacial score (nSPS) is 13.4. The first kappa shape index (κ1) is 48.3. The van der Waals surface area contributed by atoms with Gasteiger partial charge in [0.05, 0.1) is 56.6 Å². The summed E-state index contributed by atoms with van der Waals surface area (Å²) in [6.07, 6.45) is -20.9. The minimum Gasteiger partial charge on any atom is -0.310 e. The molecule has 0 unspecified atom stereocenters. The molecule has 1 spiro atoms. The van der Waals surface area contributed by atoms with Gasteiger partial charge in [-0.15, -0.1) is 0 Å². The predicted octanol–water partition coefficient (Wildman–Crippen LogP) is 17.9. The Morgan fingerprint density at radius 3 is 1.24 bits per heavy atom. The Balaban J connectivity index is 1.25. The van der Waals surface area contributed by atoms with Crippen molar-refractivity contribution in [2.45, 2.75) is 30.1 Å². The maximum atomic E-state index is 14.6. The van der Waals surface area contributed by atoms with Gasteiger partial charge in [-0.1, -0.05) is 91.0 Å². The molecule has 0 radical (unpaired) electrons. The van der Waals surface area contributed by atoms with Crippen molar-refractivity contribution in [1.29, 1.82) is 10.5 Å². The van der Waals surface area contributed by atoms with Crippen LogP contribution in [0.1, 0.15) is 55.6 Å². The molecule has 75 heavy (non-hydrogen) atoms. The highest BCUT2D eigenvalue weighted by atomic mass is 19.4. The molecule has 16 heteroatoms. The van der Waals surface area contributed by atoms with Crippen LogP contribution >= 0.6 is 0 Å². The molecule has 0 bridgehead atoms. The molecule has 9 aromatic rings. The van der Waals surface area contributed by atoms with Crippen molar-refractivity contribution in [2.24, 2.45) is 0 Å². The molecule has 0 fully saturated rings. The molecule has 0 aliphatic heterocycles. The fraction of sp³-hybridized carbons (Fsp3) is 0.0847. The average Bonchev–Trinajstić information content (AvgIpc) is 3.94. The first-order chi connectivity index (χ1) is 35.6. The maximum absolute atomic E-state index is 14.6. The lowest BCUT2D eigenvalue weighted by molar-refractivity contribution is -0.144. The molecule has 2 aliphatic carbocycles. The standard InChI is InChI=1S/C59H30F12N4/c60-56(61,62)35-24-36(57(63,64)65)27-42(26-35)74(39-10-5-8-33(22-39)31-72)41-18-19-46-47-20-21-53(75(40-11-6-9-34(23-40)32-73)43-28-37(58(66,67)68)25-38(29-43)59(69,70)71)48-14-7-17-51(54(47)48)55(52(46)30-41)49-15-3-1-12-44(49)45-13-2-4-16-50(45)55/h1-30H. The third-order valence-corrected chi connectivity index (χ3v) is 13.7. The van der Waals surface area contributed by atoms with Crippen LogP contribution in [0, 0.1) is 22.7 Å². The zero-order valence-corrected chi connectivity index (χ0v) is 38.1. The van der Waals surface area contributed by atoms with Crippen molar-refractivity contribution in [2.75, 3.05) is 9.80 Å². The first-order valence-corrected chi connectivity index (χ1v) is 22.7. The Kier molecular flexibility index (Phi) is 11.0. The van der Waals surface area contributed by atoms with Gasteiger partial charge in [0.15, 0.2) is 0 Å². The molecule has 11 rings (SSSR count). The fourth-order valence-electron chi connectivity index (χ4n) is 10.7. The Bertz CT molecular complexity index is 3800. The Labute approximate surface area is 418 Å². The van der Waals surface area contributed by atoms with Crippen molar-refractivity contribution in [1.82, 2.24) is 0 Å². The van der Waals surface area contributed by atoms with Crippen LogP contribution < -0.4 is 9.80 Å². The number of benzene rings is 9. The summed E-state index contributed by atoms with van der Waals surface area (Å²) in [5, 5.41) is 20.8. The largest absolute Gasteiger partial charge is 0.416 e. The summed E-state index contributed by atoms with van der Waals surface area (Å²) >= 11 is 0. The van der Waals surface area contributed by atoms with Crippen LogP contribution in [0.25, 0.3) is 33.0 Å². The Morgan fingerprint density at radius 2 is 0.747 bits per heavy atom. The Morgan fingerprint density at radius 1 is 0.333 bits per heavy atom. The topological polar surface area (TPSA) is 54.1 Å². The molecule has 0 saturated heterocycles. The van der Waals surface area contributed by atoms with E-state index in [4.69, 9.17) is 0 Å². The summed E-state index contributed by atoms with van der Waals surface area (Å²) in [4.78, 5) is 2.44. The van der Waals surface area contributed by atoms with Gasteiger partial charge in [-0.2, -0.15) is 63.2 Å². The lowest BCUT2D eigenvalue weighted by Crippen LogP contribution is -2.32. The number of fused-ring (bicyclic) bond motifs is 9. The van der Waals surface area contributed by atoms with Crippen LogP contribution in [-0.2, 0) is 30.1 Å². The van der Waals surface area contributed by atoms with E-state index in [1.165, 1.54) is 70.5 Å². The van der Waals surface area contributed by atoms with E-state index in [9.17, 15) is 63.2 Å². The third-order valence-electron chi connectivity index (χ3n) is 13.7. The first-order valence-electron chi connectivity index (χ1n) is 22.7. The van der Waals surface area contributed by atoms with Gasteiger partial charge in [-0.05, 0) is 141 Å². The van der Waals surface area contributed by atoms with E-state index < -0.39 is 63.7 Å². The minimum atomic E-state index is -5.22. The van der Waals surface area contributed by atoms with E-state index in [2.05, 4.69) is 0 Å². The second kappa shape index (κ2) is 17.0. The summed E-state index contributed by atoms with van der Waals surface area (Å²) in [7, 11) is 0. The van der Waals surface area contributed by atoms with Gasteiger partial charge in [0, 0.05) is 33.8 Å². The van der Waals surface area contributed by atoms with E-state index >= 15 is 0 Å². The SMILES string of the molecule is N#Cc1cccc(N(c2cc(C(F)(F)F)cc(C(F)(F)F)c2)c2ccc3c(c2)C2(c4ccccc4-c4ccccc42)c2cccc4c(N(c5cccc(C#N)c5)c5cc(C(F)(F)F)cc(C(F)(F)F)c5)ccc-3c24)c1. The third kappa shape index (κ3) is 7.87. The number of halogens is 12. The molecule has 0 aromatic heterocycles. The van der Waals surface area contributed by atoms with Gasteiger partial charge in [0.1, 0.15) is 0 Å². The molecule has 0 atom stereocenters. The fourth-order valence-corrected chi connectivity index (χ4v) is 10.7. The zero-order valence-electron chi connectivity index (χ0n) is 38.1. The minimum absolute atomic E-state index is 0.0249. The molecular formula is C59H30F12N4. The molecule has 0 N–H and O–H groups in total. The number of hydrogen-bond acceptors (Lipinski definition) is 4. The molecule has 2 aliphatic rings. The van der Waals surface area contributed by atoms with Crippen molar-refractivity contribution in [3.05, 3.63) is 238 Å². The summed E-state index contributed by atoms with van der Waals surface area (Å²) < 4.78 is 175. The summed E-state index contributed by atoms with van der Waals surface area (Å²) in [6.45, 7) is 0. The second-order valence-electron chi connectivity index (χ2n) is 18.0. The summed E-state index contributed by atoms with van der Waals surface area (Å²) in [6, 6.07) is 45.8. The van der Waals surface area contributed by atoms with Gasteiger partial charge in [0.25, 0.3) is 0 Å². The molecule has 9 aromatic carbocycles. The highest BCUT2D eigenvalue weighted by Crippen LogP contribution is 2.63. The van der Waals surface area contributed by atoms with E-state index in [0.717, 1.165) is 11.1 Å². The van der Waals surface area contributed by atoms with Crippen LogP contribution in [0.5, 0.6) is 0 Å². The number of nitrogens with zero attached hydrogens (tertiary/aromatic N) is 4. The van der Waals surface area contributed by atoms with Gasteiger partial charge in [0.2, 0.25) is 0 Å². The highest BCUT2D eigenvalue weighted by Gasteiger charge is 2.51. The molecule has 370 valence electrons. The molecular weight excluding hydrogens is 993 g/mol. The Hall–Kier alpha value is -9.02. The molecule has 4 nitrogen and oxygen atoms in total. The zero-order chi connectivity index (χ0) is 53.0. The lowest BCUT2D eigenvalue weighted by Gasteiger charge is -2.41. The van der Waals surface area contributed by atoms with Crippen LogP contribution in [0.15, 0.2) is 182 Å². The van der Waals surface area contributed by atoms with E-state index in [-0.39, 0.29) is 46.0 Å². The van der Waals surface area contributed by atoms with Crippen molar-refractivity contribution < 1.29 is 52.7 Å². The van der Waals surface area contributed by atoms with Gasteiger partial charge in [-0.3, -0.25) is 0 Å². The second-order valence-corrected chi connectivity index (χ2v) is 18.0. The summed E-state index contributed by atoms with van der Waals surface area (Å²) in [5.74, 6) is 0. The predicted molar refractivity (Wildman–Crippen MR) is 259 cm³/mol. The van der Waals surface area contributed by atoms with E-state index in [0.29, 0.717) is 68.4 Å². The molecule has 0 saturated carbocycles. The molecule has 0 heterocycles. The van der Waals surface area contributed by atoms with Gasteiger partial charge in [-0.25, -0.2) is 0 Å². The number of rotatable bonds is 6. The monoisotopic (exact) mass is 1020 g/mol. The molecule has 0 amide bonds. The maximum Gasteiger partial charge on any atom is 0.416 e. The van der Waals surface area contributed by atoms with Crippen molar-refractivity contribution in [3.63, 3.8) is 0 Å². The highest BCUT2D eigenvalue weighted by molar-refractivity contribution is 6.12. The van der Waals surface area contributed by atoms with Crippen LogP contribution in [0.2, 0.25) is 0 Å². The van der Waals surface area contributed by atoms with Crippen molar-refractivity contribution in [3.8, 4) is 34.4 Å². The lowest BCUT2D eigenvalue weighted by atomic mass is 9.61. The average molecular weight is 1020 g/mol. The quantitative estimate of drug-likeness (QED) is 0.156. The van der Waals surface area contributed by atoms with Crippen LogP contribution in [-0.4, -0.2) is 0 Å². The van der Waals surface area contributed by atoms with Crippen LogP contribution in [0.4, 0.5) is 86.8 Å². The van der Waals surface area contributed by atoms with Gasteiger partial charge >= 0.3 is 24.7 Å². The van der Waals surface area contributed by atoms with Crippen molar-refractivity contribution >= 4 is 44.9 Å². The summed E-state index contributed by atoms with van der Waals surface area (Å²) in [5.41, 5.74) is -3.24.